The number of carbonyl (C=O) groups excluding carboxylic acids is 1. The van der Waals surface area contributed by atoms with E-state index in [0.717, 1.165) is 16.7 Å². The van der Waals surface area contributed by atoms with E-state index in [0.29, 0.717) is 11.3 Å². The molecule has 0 atom stereocenters. The zero-order valence-corrected chi connectivity index (χ0v) is 10.3. The Hall–Kier alpha value is -1.96. The highest BCUT2D eigenvalue weighted by molar-refractivity contribution is 6.08. The van der Waals surface area contributed by atoms with Gasteiger partial charge in [0.05, 0.1) is 0 Å². The minimum Gasteiger partial charge on any atom is -0.287 e. The van der Waals surface area contributed by atoms with Crippen molar-refractivity contribution in [3.8, 4) is 0 Å². The summed E-state index contributed by atoms with van der Waals surface area (Å²) in [5.41, 5.74) is 4.36. The molecule has 0 amide bonds. The Bertz CT molecular complexity index is 553. The lowest BCUT2D eigenvalue weighted by Gasteiger charge is -2.05. The number of ketones is 1. The minimum atomic E-state index is -0.00472. The van der Waals surface area contributed by atoms with Crippen LogP contribution in [0.2, 0.25) is 0 Å². The summed E-state index contributed by atoms with van der Waals surface area (Å²) in [6.07, 6.45) is 1.66. The van der Waals surface area contributed by atoms with E-state index in [1.165, 1.54) is 0 Å². The molecular formula is C15H15NO. The number of nitrogens with zero attached hydrogens (tertiary/aromatic N) is 1. The van der Waals surface area contributed by atoms with Crippen LogP contribution in [0.5, 0.6) is 0 Å². The smallest absolute Gasteiger partial charge is 0.211 e. The molecule has 0 fully saturated rings. The fraction of sp³-hybridized carbons (Fsp3) is 0.200. The molecule has 1 aromatic carbocycles. The molecule has 0 saturated heterocycles. The van der Waals surface area contributed by atoms with E-state index in [1.54, 1.807) is 6.20 Å². The SMILES string of the molecule is Cc1cc(C)cc(C(=O)c2ncccc2C)c1. The molecule has 0 aliphatic carbocycles. The van der Waals surface area contributed by atoms with Crippen molar-refractivity contribution < 1.29 is 4.79 Å². The number of aromatic nitrogens is 1. The first-order valence-corrected chi connectivity index (χ1v) is 5.62. The summed E-state index contributed by atoms with van der Waals surface area (Å²) in [4.78, 5) is 16.5. The summed E-state index contributed by atoms with van der Waals surface area (Å²) < 4.78 is 0. The van der Waals surface area contributed by atoms with Gasteiger partial charge in [0, 0.05) is 11.8 Å². The van der Waals surface area contributed by atoms with Gasteiger partial charge in [-0.25, -0.2) is 0 Å². The maximum absolute atomic E-state index is 12.3. The topological polar surface area (TPSA) is 30.0 Å². The van der Waals surface area contributed by atoms with Crippen LogP contribution in [0.15, 0.2) is 36.5 Å². The van der Waals surface area contributed by atoms with Crippen LogP contribution in [-0.2, 0) is 0 Å². The second kappa shape index (κ2) is 4.50. The summed E-state index contributed by atoms with van der Waals surface area (Å²) in [5, 5.41) is 0. The Kier molecular flexibility index (Phi) is 3.05. The van der Waals surface area contributed by atoms with Crippen molar-refractivity contribution in [3.63, 3.8) is 0 Å². The van der Waals surface area contributed by atoms with E-state index in [2.05, 4.69) is 11.1 Å². The van der Waals surface area contributed by atoms with Gasteiger partial charge in [0.2, 0.25) is 5.78 Å². The van der Waals surface area contributed by atoms with Gasteiger partial charge in [-0.05, 0) is 44.5 Å². The highest BCUT2D eigenvalue weighted by atomic mass is 16.1. The third-order valence-corrected chi connectivity index (χ3v) is 2.71. The van der Waals surface area contributed by atoms with Crippen LogP contribution in [0.3, 0.4) is 0 Å². The zero-order valence-electron chi connectivity index (χ0n) is 10.3. The van der Waals surface area contributed by atoms with Crippen molar-refractivity contribution in [3.05, 3.63) is 64.5 Å². The second-order valence-electron chi connectivity index (χ2n) is 4.37. The van der Waals surface area contributed by atoms with Crippen LogP contribution >= 0.6 is 0 Å². The molecule has 2 heteroatoms. The molecule has 0 saturated carbocycles. The molecule has 2 aromatic rings. The van der Waals surface area contributed by atoms with E-state index in [1.807, 2.05) is 45.0 Å². The predicted molar refractivity (Wildman–Crippen MR) is 68.3 cm³/mol. The van der Waals surface area contributed by atoms with E-state index in [9.17, 15) is 4.79 Å². The maximum Gasteiger partial charge on any atom is 0.211 e. The standard InChI is InChI=1S/C15H15NO/c1-10-7-11(2)9-13(8-10)15(17)14-12(3)5-4-6-16-14/h4-9H,1-3H3. The van der Waals surface area contributed by atoms with Gasteiger partial charge in [-0.3, -0.25) is 9.78 Å². The third kappa shape index (κ3) is 2.41. The van der Waals surface area contributed by atoms with Crippen LogP contribution in [0.4, 0.5) is 0 Å². The summed E-state index contributed by atoms with van der Waals surface area (Å²) >= 11 is 0. The molecule has 0 N–H and O–H groups in total. The van der Waals surface area contributed by atoms with Gasteiger partial charge in [0.25, 0.3) is 0 Å². The van der Waals surface area contributed by atoms with Crippen molar-refractivity contribution in [1.82, 2.24) is 4.98 Å². The largest absolute Gasteiger partial charge is 0.287 e. The Morgan fingerprint density at radius 2 is 1.71 bits per heavy atom. The summed E-state index contributed by atoms with van der Waals surface area (Å²) in [7, 11) is 0. The fourth-order valence-electron chi connectivity index (χ4n) is 1.97. The van der Waals surface area contributed by atoms with Gasteiger partial charge in [-0.15, -0.1) is 0 Å². The van der Waals surface area contributed by atoms with E-state index in [4.69, 9.17) is 0 Å². The molecule has 1 aromatic heterocycles. The van der Waals surface area contributed by atoms with Gasteiger partial charge < -0.3 is 0 Å². The summed E-state index contributed by atoms with van der Waals surface area (Å²) in [6, 6.07) is 9.62. The Balaban J connectivity index is 2.48. The van der Waals surface area contributed by atoms with Crippen LogP contribution in [0.25, 0.3) is 0 Å². The van der Waals surface area contributed by atoms with Gasteiger partial charge >= 0.3 is 0 Å². The van der Waals surface area contributed by atoms with Crippen LogP contribution in [0, 0.1) is 20.8 Å². The molecular weight excluding hydrogens is 210 g/mol. The predicted octanol–water partition coefficient (Wildman–Crippen LogP) is 3.24. The minimum absolute atomic E-state index is 0.00472. The van der Waals surface area contributed by atoms with Crippen LogP contribution in [0.1, 0.15) is 32.7 Å². The van der Waals surface area contributed by atoms with Crippen LogP contribution < -0.4 is 0 Å². The van der Waals surface area contributed by atoms with Crippen molar-refractivity contribution in [1.29, 1.82) is 0 Å². The van der Waals surface area contributed by atoms with E-state index in [-0.39, 0.29) is 5.78 Å². The lowest BCUT2D eigenvalue weighted by Crippen LogP contribution is -2.06. The van der Waals surface area contributed by atoms with Gasteiger partial charge in [0.1, 0.15) is 5.69 Å². The molecule has 0 aliphatic heterocycles. The molecule has 17 heavy (non-hydrogen) atoms. The average Bonchev–Trinajstić information content (AvgIpc) is 2.27. The Morgan fingerprint density at radius 1 is 1.06 bits per heavy atom. The van der Waals surface area contributed by atoms with Crippen molar-refractivity contribution in [2.75, 3.05) is 0 Å². The van der Waals surface area contributed by atoms with Crippen LogP contribution in [-0.4, -0.2) is 10.8 Å². The average molecular weight is 225 g/mol. The molecule has 0 unspecified atom stereocenters. The molecule has 0 bridgehead atoms. The van der Waals surface area contributed by atoms with Gasteiger partial charge in [0.15, 0.2) is 0 Å². The monoisotopic (exact) mass is 225 g/mol. The maximum atomic E-state index is 12.3. The van der Waals surface area contributed by atoms with Gasteiger partial charge in [-0.2, -0.15) is 0 Å². The second-order valence-corrected chi connectivity index (χ2v) is 4.37. The first kappa shape index (κ1) is 11.5. The summed E-state index contributed by atoms with van der Waals surface area (Å²) in [5.74, 6) is -0.00472. The molecule has 0 radical (unpaired) electrons. The number of benzene rings is 1. The van der Waals surface area contributed by atoms with Crippen molar-refractivity contribution in [2.45, 2.75) is 20.8 Å². The molecule has 0 aliphatic rings. The van der Waals surface area contributed by atoms with E-state index < -0.39 is 0 Å². The van der Waals surface area contributed by atoms with E-state index >= 15 is 0 Å². The normalized spacial score (nSPS) is 10.3. The number of rotatable bonds is 2. The van der Waals surface area contributed by atoms with Crippen molar-refractivity contribution >= 4 is 5.78 Å². The summed E-state index contributed by atoms with van der Waals surface area (Å²) in [6.45, 7) is 5.90. The molecule has 86 valence electrons. The first-order chi connectivity index (χ1) is 8.08. The highest BCUT2D eigenvalue weighted by Gasteiger charge is 2.13. The lowest BCUT2D eigenvalue weighted by molar-refractivity contribution is 0.103. The quantitative estimate of drug-likeness (QED) is 0.734. The number of aryl methyl sites for hydroxylation is 3. The molecule has 1 heterocycles. The number of hydrogen-bond acceptors (Lipinski definition) is 2. The lowest BCUT2D eigenvalue weighted by atomic mass is 10.0. The number of pyridine rings is 1. The third-order valence-electron chi connectivity index (χ3n) is 2.71. The number of hydrogen-bond donors (Lipinski definition) is 0. The number of carbonyl (C=O) groups is 1. The Labute approximate surface area is 101 Å². The fourth-order valence-corrected chi connectivity index (χ4v) is 1.97. The molecule has 2 rings (SSSR count). The zero-order chi connectivity index (χ0) is 12.4. The highest BCUT2D eigenvalue weighted by Crippen LogP contribution is 2.14. The molecule has 0 spiro atoms. The Morgan fingerprint density at radius 3 is 2.29 bits per heavy atom. The van der Waals surface area contributed by atoms with Gasteiger partial charge in [-0.1, -0.05) is 23.3 Å². The van der Waals surface area contributed by atoms with Crippen molar-refractivity contribution in [2.24, 2.45) is 0 Å². The molecule has 2 nitrogen and oxygen atoms in total. The first-order valence-electron chi connectivity index (χ1n) is 5.62.